The molecule has 1 atom stereocenters. The van der Waals surface area contributed by atoms with Gasteiger partial charge in [0.15, 0.2) is 5.92 Å². The Morgan fingerprint density at radius 2 is 1.76 bits per heavy atom. The van der Waals surface area contributed by atoms with Gasteiger partial charge in [-0.1, -0.05) is 48.0 Å². The number of nitrogens with one attached hydrogen (secondary N) is 1. The Bertz CT molecular complexity index is 1440. The monoisotopic (exact) mass is 468 g/mol. The van der Waals surface area contributed by atoms with Gasteiger partial charge >= 0.3 is 0 Å². The zero-order chi connectivity index (χ0) is 23.7. The average molecular weight is 469 g/mol. The van der Waals surface area contributed by atoms with Crippen LogP contribution in [0.3, 0.4) is 0 Å². The molecule has 1 aromatic heterocycles. The van der Waals surface area contributed by atoms with E-state index in [1.807, 2.05) is 36.4 Å². The van der Waals surface area contributed by atoms with Crippen molar-refractivity contribution in [3.8, 4) is 28.8 Å². The molecule has 0 bridgehead atoms. The molecule has 8 heteroatoms. The van der Waals surface area contributed by atoms with Crippen LogP contribution in [0, 0.1) is 17.2 Å². The Morgan fingerprint density at radius 1 is 1.06 bits per heavy atom. The normalized spacial score (nSPS) is 12.5. The van der Waals surface area contributed by atoms with Crippen molar-refractivity contribution >= 4 is 29.0 Å². The van der Waals surface area contributed by atoms with E-state index in [1.165, 1.54) is 0 Å². The van der Waals surface area contributed by atoms with Gasteiger partial charge in [0.05, 0.1) is 17.5 Å². The minimum Gasteiger partial charge on any atom is -0.488 e. The molecular formula is C26H17ClN4O3. The fourth-order valence-electron chi connectivity index (χ4n) is 3.89. The highest BCUT2D eigenvalue weighted by molar-refractivity contribution is 6.31. The van der Waals surface area contributed by atoms with Crippen LogP contribution in [0.2, 0.25) is 5.02 Å². The van der Waals surface area contributed by atoms with Gasteiger partial charge < -0.3 is 10.1 Å². The number of Topliss-reactive ketones (excluding diaryl/α,β-unsaturated/α-hetero) is 1. The van der Waals surface area contributed by atoms with E-state index < -0.39 is 17.6 Å². The van der Waals surface area contributed by atoms with E-state index in [2.05, 4.69) is 10.4 Å². The molecule has 1 N–H and O–H groups in total. The van der Waals surface area contributed by atoms with Gasteiger partial charge in [-0.3, -0.25) is 9.59 Å². The topological polar surface area (TPSA) is 97.0 Å². The number of hydrogen-bond donors (Lipinski definition) is 1. The molecule has 1 aliphatic heterocycles. The Kier molecular flexibility index (Phi) is 5.58. The minimum atomic E-state index is -1.58. The Labute approximate surface area is 200 Å². The van der Waals surface area contributed by atoms with Gasteiger partial charge in [0, 0.05) is 21.8 Å². The van der Waals surface area contributed by atoms with E-state index in [-0.39, 0.29) is 12.3 Å². The maximum atomic E-state index is 13.5. The van der Waals surface area contributed by atoms with Crippen LogP contribution in [0.4, 0.5) is 5.69 Å². The second-order valence-electron chi connectivity index (χ2n) is 7.63. The molecule has 0 saturated carbocycles. The first-order chi connectivity index (χ1) is 16.6. The highest BCUT2D eigenvalue weighted by atomic mass is 35.5. The van der Waals surface area contributed by atoms with Crippen LogP contribution in [0.5, 0.6) is 5.75 Å². The smallest absolute Gasteiger partial charge is 0.249 e. The number of nitrogens with zero attached hydrogens (tertiary/aromatic N) is 3. The lowest BCUT2D eigenvalue weighted by molar-refractivity contribution is -0.117. The summed E-state index contributed by atoms with van der Waals surface area (Å²) in [5.41, 5.74) is 3.03. The van der Waals surface area contributed by atoms with Crippen molar-refractivity contribution in [3.63, 3.8) is 0 Å². The Morgan fingerprint density at radius 3 is 2.47 bits per heavy atom. The van der Waals surface area contributed by atoms with Gasteiger partial charge in [0.25, 0.3) is 0 Å². The first kappa shape index (κ1) is 21.4. The first-order valence-corrected chi connectivity index (χ1v) is 10.8. The summed E-state index contributed by atoms with van der Waals surface area (Å²) in [6.07, 6.45) is 0. The largest absolute Gasteiger partial charge is 0.488 e. The maximum Gasteiger partial charge on any atom is 0.249 e. The Balaban J connectivity index is 1.61. The van der Waals surface area contributed by atoms with Crippen molar-refractivity contribution in [2.24, 2.45) is 5.92 Å². The van der Waals surface area contributed by atoms with Crippen molar-refractivity contribution in [3.05, 3.63) is 95.1 Å². The van der Waals surface area contributed by atoms with Gasteiger partial charge in [-0.05, 0) is 42.5 Å². The molecule has 7 nitrogen and oxygen atoms in total. The van der Waals surface area contributed by atoms with Crippen LogP contribution in [0.1, 0.15) is 16.1 Å². The molecule has 0 radical (unpaired) electrons. The third-order valence-electron chi connectivity index (χ3n) is 5.48. The van der Waals surface area contributed by atoms with E-state index >= 15 is 0 Å². The molecule has 0 spiro atoms. The van der Waals surface area contributed by atoms with E-state index in [0.29, 0.717) is 39.0 Å². The number of fused-ring (bicyclic) bond motifs is 3. The second-order valence-corrected chi connectivity index (χ2v) is 8.07. The molecule has 3 aromatic carbocycles. The summed E-state index contributed by atoms with van der Waals surface area (Å²) < 4.78 is 7.50. The third kappa shape index (κ3) is 3.81. The number of anilines is 1. The van der Waals surface area contributed by atoms with Crippen molar-refractivity contribution < 1.29 is 14.3 Å². The molecule has 5 rings (SSSR count). The number of halogens is 1. The number of ether oxygens (including phenoxy) is 1. The number of hydrogen-bond acceptors (Lipinski definition) is 5. The lowest BCUT2D eigenvalue weighted by Crippen LogP contribution is -2.29. The van der Waals surface area contributed by atoms with Crippen LogP contribution in [0.15, 0.2) is 78.9 Å². The predicted molar refractivity (Wildman–Crippen MR) is 127 cm³/mol. The van der Waals surface area contributed by atoms with Gasteiger partial charge in [0.2, 0.25) is 11.7 Å². The van der Waals surface area contributed by atoms with E-state index in [0.717, 1.165) is 0 Å². The zero-order valence-corrected chi connectivity index (χ0v) is 18.5. The molecule has 0 fully saturated rings. The summed E-state index contributed by atoms with van der Waals surface area (Å²) in [6, 6.07) is 25.0. The number of rotatable bonds is 5. The summed E-state index contributed by atoms with van der Waals surface area (Å²) in [5, 5.41) is 17.4. The average Bonchev–Trinajstić information content (AvgIpc) is 3.26. The zero-order valence-electron chi connectivity index (χ0n) is 17.7. The number of ketones is 1. The quantitative estimate of drug-likeness (QED) is 0.326. The summed E-state index contributed by atoms with van der Waals surface area (Å²) >= 11 is 6.25. The molecule has 2 heterocycles. The molecule has 1 amide bonds. The predicted octanol–water partition coefficient (Wildman–Crippen LogP) is 5.05. The van der Waals surface area contributed by atoms with Crippen molar-refractivity contribution in [2.75, 3.05) is 5.32 Å². The second kappa shape index (κ2) is 8.85. The van der Waals surface area contributed by atoms with Crippen LogP contribution < -0.4 is 10.1 Å². The molecule has 1 unspecified atom stereocenters. The minimum absolute atomic E-state index is 0.0132. The third-order valence-corrected chi connectivity index (χ3v) is 5.72. The molecule has 166 valence electrons. The lowest BCUT2D eigenvalue weighted by atomic mass is 9.96. The van der Waals surface area contributed by atoms with Crippen molar-refractivity contribution in [1.82, 2.24) is 9.78 Å². The summed E-state index contributed by atoms with van der Waals surface area (Å²) in [5.74, 6) is -2.39. The molecule has 0 aliphatic carbocycles. The number of amides is 1. The van der Waals surface area contributed by atoms with Crippen LogP contribution in [0.25, 0.3) is 16.9 Å². The van der Waals surface area contributed by atoms with E-state index in [4.69, 9.17) is 16.3 Å². The van der Waals surface area contributed by atoms with Gasteiger partial charge in [0.1, 0.15) is 18.1 Å². The van der Waals surface area contributed by atoms with E-state index in [1.54, 1.807) is 53.2 Å². The molecular weight excluding hydrogens is 452 g/mol. The van der Waals surface area contributed by atoms with Crippen molar-refractivity contribution in [2.45, 2.75) is 6.61 Å². The number of carbonyl (C=O) groups excluding carboxylic acids is 2. The highest BCUT2D eigenvalue weighted by Gasteiger charge is 2.36. The standard InChI is InChI=1S/C26H17ClN4O3/c27-16-11-12-22-19(13-16)24-21(15-34-22)23(30-31(24)18-9-5-2-6-10-18)25(32)20(14-28)26(33)29-17-7-3-1-4-8-17/h1-13,20H,15H2,(H,29,33). The fourth-order valence-corrected chi connectivity index (χ4v) is 4.06. The lowest BCUT2D eigenvalue weighted by Gasteiger charge is -2.20. The molecule has 0 saturated heterocycles. The molecule has 34 heavy (non-hydrogen) atoms. The first-order valence-electron chi connectivity index (χ1n) is 10.5. The van der Waals surface area contributed by atoms with Crippen LogP contribution in [-0.4, -0.2) is 21.5 Å². The summed E-state index contributed by atoms with van der Waals surface area (Å²) in [6.45, 7) is 0.0658. The molecule has 1 aliphatic rings. The van der Waals surface area contributed by atoms with Gasteiger partial charge in [-0.2, -0.15) is 10.4 Å². The number of carbonyl (C=O) groups is 2. The number of nitriles is 1. The van der Waals surface area contributed by atoms with E-state index in [9.17, 15) is 14.9 Å². The number of aromatic nitrogens is 2. The van der Waals surface area contributed by atoms with Crippen molar-refractivity contribution in [1.29, 1.82) is 5.26 Å². The van der Waals surface area contributed by atoms with Crippen LogP contribution >= 0.6 is 11.6 Å². The number of para-hydroxylation sites is 2. The number of benzene rings is 3. The van der Waals surface area contributed by atoms with Gasteiger partial charge in [-0.25, -0.2) is 4.68 Å². The Hall–Kier alpha value is -4.41. The van der Waals surface area contributed by atoms with Crippen LogP contribution in [-0.2, 0) is 11.4 Å². The maximum absolute atomic E-state index is 13.5. The highest BCUT2D eigenvalue weighted by Crippen LogP contribution is 2.41. The molecule has 4 aromatic rings. The summed E-state index contributed by atoms with van der Waals surface area (Å²) in [4.78, 5) is 26.3. The fraction of sp³-hybridized carbons (Fsp3) is 0.0769. The van der Waals surface area contributed by atoms with Gasteiger partial charge in [-0.15, -0.1) is 0 Å². The summed E-state index contributed by atoms with van der Waals surface area (Å²) in [7, 11) is 0. The SMILES string of the molecule is N#CC(C(=O)Nc1ccccc1)C(=O)c1nn(-c2ccccc2)c2c1COc1ccc(Cl)cc1-2.